The number of anilines is 2. The number of likely N-dealkylation sites (N-methyl/N-ethyl adjacent to an activating group) is 1. The minimum Gasteiger partial charge on any atom is -0.399 e. The lowest BCUT2D eigenvalue weighted by atomic mass is 10.1. The number of carbonyl (C=O) groups is 1. The highest BCUT2D eigenvalue weighted by Crippen LogP contribution is 2.46. The predicted octanol–water partition coefficient (Wildman–Crippen LogP) is 2.85. The second kappa shape index (κ2) is 7.73. The van der Waals surface area contributed by atoms with E-state index < -0.39 is 0 Å². The molecule has 0 unspecified atom stereocenters. The lowest BCUT2D eigenvalue weighted by molar-refractivity contribution is -0.129. The number of fused-ring (bicyclic) bond motifs is 1. The number of nitrogens with two attached hydrogens (primary N) is 1. The van der Waals surface area contributed by atoms with E-state index in [0.717, 1.165) is 35.5 Å². The molecule has 0 spiro atoms. The summed E-state index contributed by atoms with van der Waals surface area (Å²) in [5.74, 6) is 1.02. The van der Waals surface area contributed by atoms with Gasteiger partial charge in [-0.25, -0.2) is 9.97 Å². The molecular weight excluding hydrogens is 364 g/mol. The van der Waals surface area contributed by atoms with Crippen LogP contribution >= 0.6 is 0 Å². The molecule has 4 rings (SSSR count). The Bertz CT molecular complexity index is 1010. The van der Waals surface area contributed by atoms with Gasteiger partial charge in [-0.15, -0.1) is 0 Å². The smallest absolute Gasteiger partial charge is 0.226 e. The molecule has 3 aromatic rings. The molecule has 29 heavy (non-hydrogen) atoms. The summed E-state index contributed by atoms with van der Waals surface area (Å²) in [6.07, 6.45) is 6.31. The molecule has 152 valence electrons. The third-order valence-electron chi connectivity index (χ3n) is 5.75. The monoisotopic (exact) mass is 392 g/mol. The van der Waals surface area contributed by atoms with E-state index in [4.69, 9.17) is 5.73 Å². The summed E-state index contributed by atoms with van der Waals surface area (Å²) in [5.41, 5.74) is 8.62. The first-order valence-corrected chi connectivity index (χ1v) is 10.0. The minimum absolute atomic E-state index is 0.0858. The minimum atomic E-state index is 0.0858. The predicted molar refractivity (Wildman–Crippen MR) is 116 cm³/mol. The third-order valence-corrected chi connectivity index (χ3v) is 5.75. The van der Waals surface area contributed by atoms with Crippen molar-refractivity contribution in [1.82, 2.24) is 19.9 Å². The third kappa shape index (κ3) is 4.50. The van der Waals surface area contributed by atoms with Gasteiger partial charge < -0.3 is 20.5 Å². The van der Waals surface area contributed by atoms with Crippen molar-refractivity contribution in [3.8, 4) is 0 Å². The molecule has 2 aromatic heterocycles. The number of aromatic nitrogens is 3. The summed E-state index contributed by atoms with van der Waals surface area (Å²) in [4.78, 5) is 28.8. The van der Waals surface area contributed by atoms with Crippen LogP contribution in [0.15, 0.2) is 42.9 Å². The van der Waals surface area contributed by atoms with Crippen molar-refractivity contribution in [3.63, 3.8) is 0 Å². The Morgan fingerprint density at radius 3 is 2.83 bits per heavy atom. The maximum Gasteiger partial charge on any atom is 0.226 e. The lowest BCUT2D eigenvalue weighted by Gasteiger charge is -2.29. The van der Waals surface area contributed by atoms with Crippen molar-refractivity contribution < 1.29 is 4.79 Å². The summed E-state index contributed by atoms with van der Waals surface area (Å²) >= 11 is 0. The molecule has 1 aliphatic carbocycles. The summed E-state index contributed by atoms with van der Waals surface area (Å²) in [6.45, 7) is 4.60. The standard InChI is InChI=1S/C22H28N6O/c1-22(7-8-22)14-28(21-18-6-9-24-20(18)25-15-26-21)11-10-27(2)19(29)13-16-4-3-5-17(23)12-16/h3-6,9,12,15H,7-8,10-11,13-14,23H2,1-2H3,(H,24,25,26). The van der Waals surface area contributed by atoms with Crippen LogP contribution in [0.1, 0.15) is 25.3 Å². The fourth-order valence-electron chi connectivity index (χ4n) is 3.61. The van der Waals surface area contributed by atoms with Crippen LogP contribution < -0.4 is 10.6 Å². The number of aromatic amines is 1. The lowest BCUT2D eigenvalue weighted by Crippen LogP contribution is -2.39. The molecule has 1 aromatic carbocycles. The topological polar surface area (TPSA) is 91.1 Å². The van der Waals surface area contributed by atoms with E-state index in [0.29, 0.717) is 24.1 Å². The molecule has 2 heterocycles. The van der Waals surface area contributed by atoms with Gasteiger partial charge in [0.05, 0.1) is 11.8 Å². The highest BCUT2D eigenvalue weighted by atomic mass is 16.2. The van der Waals surface area contributed by atoms with Crippen LogP contribution in [0.5, 0.6) is 0 Å². The van der Waals surface area contributed by atoms with Crippen molar-refractivity contribution in [1.29, 1.82) is 0 Å². The molecule has 0 saturated heterocycles. The quantitative estimate of drug-likeness (QED) is 0.575. The summed E-state index contributed by atoms with van der Waals surface area (Å²) < 4.78 is 0. The molecule has 7 heteroatoms. The van der Waals surface area contributed by atoms with E-state index in [1.807, 2.05) is 43.6 Å². The molecule has 7 nitrogen and oxygen atoms in total. The van der Waals surface area contributed by atoms with Gasteiger partial charge in [-0.2, -0.15) is 0 Å². The van der Waals surface area contributed by atoms with Crippen molar-refractivity contribution in [3.05, 3.63) is 48.4 Å². The number of H-pyrrole nitrogens is 1. The maximum absolute atomic E-state index is 12.7. The number of nitrogens with one attached hydrogen (secondary N) is 1. The van der Waals surface area contributed by atoms with Crippen molar-refractivity contribution in [2.75, 3.05) is 37.3 Å². The molecule has 0 radical (unpaired) electrons. The molecule has 1 saturated carbocycles. The molecule has 1 aliphatic rings. The van der Waals surface area contributed by atoms with E-state index in [2.05, 4.69) is 26.8 Å². The number of hydrogen-bond acceptors (Lipinski definition) is 5. The van der Waals surface area contributed by atoms with Crippen LogP contribution in [0.25, 0.3) is 11.0 Å². The Balaban J connectivity index is 1.45. The average molecular weight is 393 g/mol. The number of hydrogen-bond donors (Lipinski definition) is 2. The number of benzene rings is 1. The van der Waals surface area contributed by atoms with Gasteiger partial charge in [0.25, 0.3) is 0 Å². The number of nitrogen functional groups attached to an aromatic ring is 1. The van der Waals surface area contributed by atoms with Gasteiger partial charge in [-0.1, -0.05) is 19.1 Å². The average Bonchev–Trinajstić information content (AvgIpc) is 3.23. The van der Waals surface area contributed by atoms with Crippen LogP contribution in [0, 0.1) is 5.41 Å². The van der Waals surface area contributed by atoms with Crippen LogP contribution in [0.4, 0.5) is 11.5 Å². The molecule has 3 N–H and O–H groups in total. The Labute approximate surface area is 170 Å². The zero-order valence-corrected chi connectivity index (χ0v) is 17.1. The normalized spacial score (nSPS) is 14.7. The van der Waals surface area contributed by atoms with E-state index >= 15 is 0 Å². The fraction of sp³-hybridized carbons (Fsp3) is 0.409. The van der Waals surface area contributed by atoms with Gasteiger partial charge in [-0.3, -0.25) is 4.79 Å². The molecule has 1 fully saturated rings. The maximum atomic E-state index is 12.7. The second-order valence-corrected chi connectivity index (χ2v) is 8.41. The zero-order valence-electron chi connectivity index (χ0n) is 17.1. The first-order chi connectivity index (χ1) is 13.9. The highest BCUT2D eigenvalue weighted by Gasteiger charge is 2.39. The van der Waals surface area contributed by atoms with E-state index in [1.165, 1.54) is 12.8 Å². The number of carbonyl (C=O) groups excluding carboxylic acids is 1. The van der Waals surface area contributed by atoms with E-state index in [-0.39, 0.29) is 5.91 Å². The molecule has 0 atom stereocenters. The number of nitrogens with zero attached hydrogens (tertiary/aromatic N) is 4. The van der Waals surface area contributed by atoms with Gasteiger partial charge in [0, 0.05) is 38.6 Å². The van der Waals surface area contributed by atoms with Gasteiger partial charge in [-0.05, 0) is 42.0 Å². The van der Waals surface area contributed by atoms with Crippen LogP contribution in [-0.2, 0) is 11.2 Å². The summed E-state index contributed by atoms with van der Waals surface area (Å²) in [7, 11) is 1.86. The Morgan fingerprint density at radius 1 is 1.24 bits per heavy atom. The van der Waals surface area contributed by atoms with Crippen molar-refractivity contribution in [2.45, 2.75) is 26.2 Å². The van der Waals surface area contributed by atoms with Crippen molar-refractivity contribution in [2.24, 2.45) is 5.41 Å². The van der Waals surface area contributed by atoms with Crippen molar-refractivity contribution >= 4 is 28.4 Å². The van der Waals surface area contributed by atoms with Gasteiger partial charge >= 0.3 is 0 Å². The zero-order chi connectivity index (χ0) is 20.4. The second-order valence-electron chi connectivity index (χ2n) is 8.41. The summed E-state index contributed by atoms with van der Waals surface area (Å²) in [6, 6.07) is 9.52. The molecule has 0 aliphatic heterocycles. The molecular formula is C22H28N6O. The Morgan fingerprint density at radius 2 is 2.07 bits per heavy atom. The number of amides is 1. The van der Waals surface area contributed by atoms with E-state index in [9.17, 15) is 4.79 Å². The first kappa shape index (κ1) is 19.2. The van der Waals surface area contributed by atoms with Gasteiger partial charge in [0.15, 0.2) is 0 Å². The molecule has 0 bridgehead atoms. The Kier molecular flexibility index (Phi) is 5.13. The van der Waals surface area contributed by atoms with Gasteiger partial charge in [0.2, 0.25) is 5.91 Å². The highest BCUT2D eigenvalue weighted by molar-refractivity contribution is 5.87. The molecule has 1 amide bonds. The van der Waals surface area contributed by atoms with E-state index in [1.54, 1.807) is 11.2 Å². The number of rotatable bonds is 8. The Hall–Kier alpha value is -3.09. The first-order valence-electron chi connectivity index (χ1n) is 10.0. The van der Waals surface area contributed by atoms with Crippen LogP contribution in [0.3, 0.4) is 0 Å². The SMILES string of the molecule is CN(CCN(CC1(C)CC1)c1ncnc2[nH]ccc12)C(=O)Cc1cccc(N)c1. The summed E-state index contributed by atoms with van der Waals surface area (Å²) in [5, 5.41) is 1.02. The largest absolute Gasteiger partial charge is 0.399 e. The fourth-order valence-corrected chi connectivity index (χ4v) is 3.61. The van der Waals surface area contributed by atoms with Gasteiger partial charge in [0.1, 0.15) is 17.8 Å². The van der Waals surface area contributed by atoms with Crippen LogP contribution in [-0.4, -0.2) is 52.4 Å². The van der Waals surface area contributed by atoms with Crippen LogP contribution in [0.2, 0.25) is 0 Å².